The van der Waals surface area contributed by atoms with Gasteiger partial charge in [-0.1, -0.05) is 153 Å². The number of benzene rings is 6. The highest BCUT2D eigenvalue weighted by Crippen LogP contribution is 2.53. The molecule has 0 saturated carbocycles. The molecule has 1 aromatic heterocycles. The highest BCUT2D eigenvalue weighted by Gasteiger charge is 2.37. The van der Waals surface area contributed by atoms with Crippen LogP contribution < -0.4 is 4.90 Å². The maximum Gasteiger partial charge on any atom is 0.0730 e. The zero-order valence-electron chi connectivity index (χ0n) is 26.4. The lowest BCUT2D eigenvalue weighted by atomic mass is 9.82. The lowest BCUT2D eigenvalue weighted by Gasteiger charge is -2.27. The molecule has 0 amide bonds. The van der Waals surface area contributed by atoms with E-state index in [1.165, 1.54) is 16.7 Å². The number of aromatic nitrogens is 1. The van der Waals surface area contributed by atoms with Gasteiger partial charge in [0.25, 0.3) is 0 Å². The predicted molar refractivity (Wildman–Crippen MR) is 198 cm³/mol. The molecular formula is C44H33ClN2. The van der Waals surface area contributed by atoms with Crippen LogP contribution in [0.4, 0.5) is 17.1 Å². The fourth-order valence-corrected chi connectivity index (χ4v) is 7.35. The predicted octanol–water partition coefficient (Wildman–Crippen LogP) is 12.5. The molecule has 0 unspecified atom stereocenters. The fraction of sp³-hybridized carbons (Fsp3) is 0.0682. The Morgan fingerprint density at radius 2 is 1.02 bits per heavy atom. The van der Waals surface area contributed by atoms with Gasteiger partial charge in [0.05, 0.1) is 22.1 Å². The van der Waals surface area contributed by atoms with Gasteiger partial charge in [-0.2, -0.15) is 0 Å². The van der Waals surface area contributed by atoms with E-state index in [1.807, 2.05) is 12.1 Å². The van der Waals surface area contributed by atoms with Gasteiger partial charge in [0.2, 0.25) is 0 Å². The van der Waals surface area contributed by atoms with E-state index in [-0.39, 0.29) is 5.41 Å². The normalized spacial score (nSPS) is 12.7. The van der Waals surface area contributed by atoms with Crippen LogP contribution in [-0.4, -0.2) is 4.98 Å². The van der Waals surface area contributed by atoms with Crippen LogP contribution >= 0.6 is 11.6 Å². The van der Waals surface area contributed by atoms with Gasteiger partial charge in [0.1, 0.15) is 0 Å². The molecule has 0 spiro atoms. The van der Waals surface area contributed by atoms with E-state index in [2.05, 4.69) is 170 Å². The van der Waals surface area contributed by atoms with Gasteiger partial charge < -0.3 is 4.90 Å². The van der Waals surface area contributed by atoms with Crippen molar-refractivity contribution in [2.75, 3.05) is 4.90 Å². The topological polar surface area (TPSA) is 16.1 Å². The molecule has 0 N–H and O–H groups in total. The first-order valence-electron chi connectivity index (χ1n) is 16.0. The summed E-state index contributed by atoms with van der Waals surface area (Å²) in [5, 5.41) is 0.797. The molecule has 47 heavy (non-hydrogen) atoms. The number of nitrogens with zero attached hydrogens (tertiary/aromatic N) is 2. The third kappa shape index (κ3) is 5.12. The van der Waals surface area contributed by atoms with Crippen molar-refractivity contribution in [1.82, 2.24) is 4.98 Å². The Kier molecular flexibility index (Phi) is 7.24. The van der Waals surface area contributed by atoms with Gasteiger partial charge in [-0.25, -0.2) is 4.98 Å². The number of pyridine rings is 1. The molecule has 0 radical (unpaired) electrons. The number of rotatable bonds is 6. The van der Waals surface area contributed by atoms with Crippen LogP contribution in [-0.2, 0) is 5.41 Å². The molecule has 1 heterocycles. The third-order valence-electron chi connectivity index (χ3n) is 9.32. The number of halogens is 1. The number of fused-ring (bicyclic) bond motifs is 3. The minimum atomic E-state index is -0.103. The smallest absolute Gasteiger partial charge is 0.0730 e. The first-order chi connectivity index (χ1) is 23.0. The standard InChI is InChI=1S/C44H33ClN2/c1-44(2)38-24-13-12-23-37(38)42-39(44)26-25-36(43(42)45)32-19-14-22-34(27-32)47(33-20-10-5-11-21-33)35-28-40(30-15-6-3-7-16-30)46-41(29-35)31-17-8-4-9-18-31/h3-29H,1-2H3. The fourth-order valence-electron chi connectivity index (χ4n) is 6.97. The van der Waals surface area contributed by atoms with Gasteiger partial charge in [-0.05, 0) is 58.7 Å². The average Bonchev–Trinajstić information content (AvgIpc) is 3.36. The maximum atomic E-state index is 7.37. The summed E-state index contributed by atoms with van der Waals surface area (Å²) in [6.45, 7) is 4.57. The van der Waals surface area contributed by atoms with E-state index in [1.54, 1.807) is 0 Å². The van der Waals surface area contributed by atoms with Crippen molar-refractivity contribution in [3.63, 3.8) is 0 Å². The van der Waals surface area contributed by atoms with Crippen molar-refractivity contribution in [3.8, 4) is 44.8 Å². The summed E-state index contributed by atoms with van der Waals surface area (Å²) in [7, 11) is 0. The summed E-state index contributed by atoms with van der Waals surface area (Å²) in [5.41, 5.74) is 14.0. The maximum absolute atomic E-state index is 7.37. The summed E-state index contributed by atoms with van der Waals surface area (Å²) in [6, 6.07) is 57.5. The molecule has 2 nitrogen and oxygen atoms in total. The van der Waals surface area contributed by atoms with E-state index in [0.717, 1.165) is 61.3 Å². The van der Waals surface area contributed by atoms with E-state index in [0.29, 0.717) is 0 Å². The second-order valence-electron chi connectivity index (χ2n) is 12.6. The molecule has 0 atom stereocenters. The van der Waals surface area contributed by atoms with Crippen LogP contribution in [0.25, 0.3) is 44.8 Å². The van der Waals surface area contributed by atoms with Crippen LogP contribution in [0.1, 0.15) is 25.0 Å². The second-order valence-corrected chi connectivity index (χ2v) is 12.9. The summed E-state index contributed by atoms with van der Waals surface area (Å²) < 4.78 is 0. The molecular weight excluding hydrogens is 592 g/mol. The van der Waals surface area contributed by atoms with Gasteiger partial charge in [-0.15, -0.1) is 0 Å². The third-order valence-corrected chi connectivity index (χ3v) is 9.71. The Hall–Kier alpha value is -5.44. The first kappa shape index (κ1) is 29.0. The van der Waals surface area contributed by atoms with Crippen LogP contribution in [0.3, 0.4) is 0 Å². The summed E-state index contributed by atoms with van der Waals surface area (Å²) in [5.74, 6) is 0. The molecule has 8 rings (SSSR count). The van der Waals surface area contributed by atoms with Crippen molar-refractivity contribution >= 4 is 28.7 Å². The van der Waals surface area contributed by atoms with Crippen LogP contribution in [0.2, 0.25) is 5.02 Å². The Labute approximate surface area is 281 Å². The first-order valence-corrected chi connectivity index (χ1v) is 16.4. The highest BCUT2D eigenvalue weighted by atomic mass is 35.5. The Bertz CT molecular complexity index is 2170. The number of hydrogen-bond acceptors (Lipinski definition) is 2. The van der Waals surface area contributed by atoms with Crippen LogP contribution in [0.5, 0.6) is 0 Å². The minimum absolute atomic E-state index is 0.103. The Balaban J connectivity index is 1.31. The molecule has 3 heteroatoms. The second kappa shape index (κ2) is 11.7. The highest BCUT2D eigenvalue weighted by molar-refractivity contribution is 6.36. The SMILES string of the molecule is CC1(C)c2ccccc2-c2c1ccc(-c1cccc(N(c3ccccc3)c3cc(-c4ccccc4)nc(-c4ccccc4)c3)c1)c2Cl. The molecule has 0 aliphatic heterocycles. The molecule has 1 aliphatic rings. The lowest BCUT2D eigenvalue weighted by Crippen LogP contribution is -2.14. The Morgan fingerprint density at radius 3 is 1.68 bits per heavy atom. The number of anilines is 3. The molecule has 0 fully saturated rings. The van der Waals surface area contributed by atoms with Crippen molar-refractivity contribution in [3.05, 3.63) is 180 Å². The van der Waals surface area contributed by atoms with Gasteiger partial charge in [-0.3, -0.25) is 0 Å². The Morgan fingerprint density at radius 1 is 0.468 bits per heavy atom. The van der Waals surface area contributed by atoms with Crippen molar-refractivity contribution in [1.29, 1.82) is 0 Å². The van der Waals surface area contributed by atoms with Gasteiger partial charge in [0, 0.05) is 39.0 Å². The average molecular weight is 625 g/mol. The van der Waals surface area contributed by atoms with Gasteiger partial charge in [0.15, 0.2) is 0 Å². The lowest BCUT2D eigenvalue weighted by molar-refractivity contribution is 0.660. The van der Waals surface area contributed by atoms with E-state index >= 15 is 0 Å². The number of para-hydroxylation sites is 1. The summed E-state index contributed by atoms with van der Waals surface area (Å²) in [6.07, 6.45) is 0. The number of hydrogen-bond donors (Lipinski definition) is 0. The zero-order valence-corrected chi connectivity index (χ0v) is 27.1. The van der Waals surface area contributed by atoms with Crippen LogP contribution in [0, 0.1) is 0 Å². The monoisotopic (exact) mass is 624 g/mol. The van der Waals surface area contributed by atoms with Crippen molar-refractivity contribution in [2.45, 2.75) is 19.3 Å². The van der Waals surface area contributed by atoms with Crippen LogP contribution in [0.15, 0.2) is 164 Å². The van der Waals surface area contributed by atoms with Crippen molar-refractivity contribution < 1.29 is 0 Å². The molecule has 0 bridgehead atoms. The largest absolute Gasteiger partial charge is 0.310 e. The minimum Gasteiger partial charge on any atom is -0.310 e. The van der Waals surface area contributed by atoms with E-state index in [4.69, 9.17) is 16.6 Å². The molecule has 0 saturated heterocycles. The zero-order chi connectivity index (χ0) is 32.0. The quantitative estimate of drug-likeness (QED) is 0.183. The summed E-state index contributed by atoms with van der Waals surface area (Å²) >= 11 is 7.37. The molecule has 1 aliphatic carbocycles. The summed E-state index contributed by atoms with van der Waals surface area (Å²) in [4.78, 5) is 7.45. The molecule has 226 valence electrons. The van der Waals surface area contributed by atoms with Gasteiger partial charge >= 0.3 is 0 Å². The van der Waals surface area contributed by atoms with E-state index in [9.17, 15) is 0 Å². The molecule has 7 aromatic rings. The van der Waals surface area contributed by atoms with E-state index < -0.39 is 0 Å². The van der Waals surface area contributed by atoms with Crippen molar-refractivity contribution in [2.24, 2.45) is 0 Å². The molecule has 6 aromatic carbocycles.